The van der Waals surface area contributed by atoms with Crippen LogP contribution in [0.15, 0.2) is 42.5 Å². The van der Waals surface area contributed by atoms with Gasteiger partial charge in [-0.25, -0.2) is 4.39 Å². The molecule has 0 aliphatic heterocycles. The molecule has 1 aromatic heterocycles. The van der Waals surface area contributed by atoms with Crippen molar-refractivity contribution in [2.75, 3.05) is 20.1 Å². The van der Waals surface area contributed by atoms with Crippen LogP contribution in [0.4, 0.5) is 4.39 Å². The first kappa shape index (κ1) is 20.0. The number of hydrogen-bond acceptors (Lipinski definition) is 4. The summed E-state index contributed by atoms with van der Waals surface area (Å²) < 4.78 is 16.0. The summed E-state index contributed by atoms with van der Waals surface area (Å²) in [6.45, 7) is 2.14. The lowest BCUT2D eigenvalue weighted by Crippen LogP contribution is -2.26. The van der Waals surface area contributed by atoms with Gasteiger partial charge in [0.05, 0.1) is 16.3 Å². The van der Waals surface area contributed by atoms with E-state index < -0.39 is 6.10 Å². The van der Waals surface area contributed by atoms with E-state index in [4.69, 9.17) is 17.0 Å². The second-order valence-corrected chi connectivity index (χ2v) is 8.17. The number of rotatable bonds is 8. The lowest BCUT2D eigenvalue weighted by molar-refractivity contribution is 0.125. The minimum atomic E-state index is -0.629. The Balaban J connectivity index is 1.48. The predicted octanol–water partition coefficient (Wildman–Crippen LogP) is 4.42. The number of nitrogens with zero attached hydrogens (tertiary/aromatic N) is 2. The van der Waals surface area contributed by atoms with E-state index in [1.807, 2.05) is 29.8 Å². The normalized spacial score (nSPS) is 12.8. The number of likely N-dealkylation sites (N-methyl/N-ethyl adjacent to an activating group) is 1. The van der Waals surface area contributed by atoms with Crippen LogP contribution in [-0.2, 0) is 6.54 Å². The van der Waals surface area contributed by atoms with Crippen LogP contribution in [-0.4, -0.2) is 34.7 Å². The van der Waals surface area contributed by atoms with E-state index in [0.29, 0.717) is 16.4 Å². The minimum Gasteiger partial charge on any atom is -0.387 e. The van der Waals surface area contributed by atoms with Crippen LogP contribution >= 0.6 is 22.9 Å². The van der Waals surface area contributed by atoms with Gasteiger partial charge in [-0.15, -0.1) is 0 Å². The van der Waals surface area contributed by atoms with Gasteiger partial charge in [0.2, 0.25) is 0 Å². The molecule has 0 radical (unpaired) electrons. The molecule has 144 valence electrons. The van der Waals surface area contributed by atoms with Crippen molar-refractivity contribution in [3.63, 3.8) is 0 Å². The highest BCUT2D eigenvalue weighted by molar-refractivity contribution is 7.16. The molecule has 2 aromatic carbocycles. The highest BCUT2D eigenvalue weighted by atomic mass is 35.5. The van der Waals surface area contributed by atoms with Gasteiger partial charge >= 0.3 is 0 Å². The number of nitrogens with one attached hydrogen (secondary N) is 1. The summed E-state index contributed by atoms with van der Waals surface area (Å²) in [4.78, 5) is 2.61. The SMILES string of the molecule is CN(CCCCn1c(=N)sc2cc(Cl)ccc21)CC(O)c1ccc(F)cc1. The Hall–Kier alpha value is -1.73. The number of thiazole rings is 1. The maximum atomic E-state index is 13.0. The average Bonchev–Trinajstić information content (AvgIpc) is 2.93. The van der Waals surface area contributed by atoms with Crippen LogP contribution in [0.25, 0.3) is 10.2 Å². The molecule has 3 rings (SSSR count). The predicted molar refractivity (Wildman–Crippen MR) is 109 cm³/mol. The number of aliphatic hydroxyl groups is 1. The molecule has 0 aliphatic carbocycles. The standard InChI is InChI=1S/C20H23ClFN3OS/c1-24(13-18(26)14-4-7-16(22)8-5-14)10-2-3-11-25-17-9-6-15(21)12-19(17)27-20(25)23/h4-9,12,18,23,26H,2-3,10-11,13H2,1H3. The third-order valence-electron chi connectivity index (χ3n) is 4.58. The van der Waals surface area contributed by atoms with Gasteiger partial charge in [-0.1, -0.05) is 35.1 Å². The molecule has 3 aromatic rings. The van der Waals surface area contributed by atoms with Gasteiger partial charge in [0.15, 0.2) is 4.80 Å². The van der Waals surface area contributed by atoms with Crippen molar-refractivity contribution in [3.8, 4) is 0 Å². The summed E-state index contributed by atoms with van der Waals surface area (Å²) in [7, 11) is 1.97. The number of aliphatic hydroxyl groups excluding tert-OH is 1. The van der Waals surface area contributed by atoms with E-state index in [1.54, 1.807) is 12.1 Å². The molecule has 0 aliphatic rings. The van der Waals surface area contributed by atoms with Crippen molar-refractivity contribution in [3.05, 3.63) is 63.7 Å². The van der Waals surface area contributed by atoms with E-state index in [0.717, 1.165) is 41.7 Å². The zero-order valence-corrected chi connectivity index (χ0v) is 16.7. The molecule has 0 fully saturated rings. The number of fused-ring (bicyclic) bond motifs is 1. The van der Waals surface area contributed by atoms with Crippen molar-refractivity contribution in [1.29, 1.82) is 5.41 Å². The Morgan fingerprint density at radius 1 is 1.22 bits per heavy atom. The molecule has 0 bridgehead atoms. The Morgan fingerprint density at radius 3 is 2.70 bits per heavy atom. The number of halogens is 2. The molecule has 0 saturated carbocycles. The van der Waals surface area contributed by atoms with Gasteiger partial charge in [0.1, 0.15) is 5.82 Å². The highest BCUT2D eigenvalue weighted by Crippen LogP contribution is 2.22. The van der Waals surface area contributed by atoms with Gasteiger partial charge in [-0.3, -0.25) is 5.41 Å². The summed E-state index contributed by atoms with van der Waals surface area (Å²) >= 11 is 7.47. The molecule has 7 heteroatoms. The molecule has 0 amide bonds. The Kier molecular flexibility index (Phi) is 6.65. The monoisotopic (exact) mass is 407 g/mol. The average molecular weight is 408 g/mol. The summed E-state index contributed by atoms with van der Waals surface area (Å²) in [6, 6.07) is 11.7. The topological polar surface area (TPSA) is 52.2 Å². The number of unbranched alkanes of at least 4 members (excludes halogenated alkanes) is 1. The van der Waals surface area contributed by atoms with Crippen LogP contribution in [0.5, 0.6) is 0 Å². The summed E-state index contributed by atoms with van der Waals surface area (Å²) in [5, 5.41) is 19.1. The third kappa shape index (κ3) is 5.17. The smallest absolute Gasteiger partial charge is 0.182 e. The number of aryl methyl sites for hydroxylation is 1. The van der Waals surface area contributed by atoms with Crippen molar-refractivity contribution in [2.45, 2.75) is 25.5 Å². The van der Waals surface area contributed by atoms with Crippen LogP contribution in [0.1, 0.15) is 24.5 Å². The van der Waals surface area contributed by atoms with Gasteiger partial charge < -0.3 is 14.6 Å². The van der Waals surface area contributed by atoms with Gasteiger partial charge in [-0.2, -0.15) is 0 Å². The highest BCUT2D eigenvalue weighted by Gasteiger charge is 2.11. The molecule has 1 atom stereocenters. The molecule has 1 heterocycles. The third-order valence-corrected chi connectivity index (χ3v) is 5.77. The Bertz CT molecular complexity index is 954. The van der Waals surface area contributed by atoms with Crippen LogP contribution < -0.4 is 4.80 Å². The molecular weight excluding hydrogens is 385 g/mol. The summed E-state index contributed by atoms with van der Waals surface area (Å²) in [5.41, 5.74) is 1.77. The molecule has 1 unspecified atom stereocenters. The van der Waals surface area contributed by atoms with Gasteiger partial charge in [0, 0.05) is 18.1 Å². The van der Waals surface area contributed by atoms with E-state index >= 15 is 0 Å². The molecule has 0 saturated heterocycles. The van der Waals surface area contributed by atoms with Crippen molar-refractivity contribution < 1.29 is 9.50 Å². The molecule has 2 N–H and O–H groups in total. The van der Waals surface area contributed by atoms with E-state index in [1.165, 1.54) is 23.5 Å². The lowest BCUT2D eigenvalue weighted by atomic mass is 10.1. The van der Waals surface area contributed by atoms with E-state index in [-0.39, 0.29) is 5.82 Å². The fourth-order valence-electron chi connectivity index (χ4n) is 3.11. The molecule has 4 nitrogen and oxygen atoms in total. The van der Waals surface area contributed by atoms with Crippen LogP contribution in [0.2, 0.25) is 5.02 Å². The fraction of sp³-hybridized carbons (Fsp3) is 0.350. The summed E-state index contributed by atoms with van der Waals surface area (Å²) in [6.07, 6.45) is 1.28. The van der Waals surface area contributed by atoms with Crippen LogP contribution in [0, 0.1) is 11.2 Å². The Morgan fingerprint density at radius 2 is 1.96 bits per heavy atom. The maximum absolute atomic E-state index is 13.0. The lowest BCUT2D eigenvalue weighted by Gasteiger charge is -2.20. The van der Waals surface area contributed by atoms with E-state index in [2.05, 4.69) is 4.90 Å². The van der Waals surface area contributed by atoms with Crippen LogP contribution in [0.3, 0.4) is 0 Å². The zero-order valence-electron chi connectivity index (χ0n) is 15.2. The zero-order chi connectivity index (χ0) is 19.4. The number of benzene rings is 2. The second kappa shape index (κ2) is 8.97. The summed E-state index contributed by atoms with van der Waals surface area (Å²) in [5.74, 6) is -0.297. The largest absolute Gasteiger partial charge is 0.387 e. The second-order valence-electron chi connectivity index (χ2n) is 6.71. The van der Waals surface area contributed by atoms with Gasteiger partial charge in [0.25, 0.3) is 0 Å². The van der Waals surface area contributed by atoms with E-state index in [9.17, 15) is 9.50 Å². The maximum Gasteiger partial charge on any atom is 0.182 e. The first-order chi connectivity index (χ1) is 12.9. The molecular formula is C20H23ClFN3OS. The number of aromatic nitrogens is 1. The fourth-order valence-corrected chi connectivity index (χ4v) is 4.33. The van der Waals surface area contributed by atoms with Crippen molar-refractivity contribution >= 4 is 33.2 Å². The minimum absolute atomic E-state index is 0.297. The first-order valence-corrected chi connectivity index (χ1v) is 10.1. The Labute approximate surface area is 167 Å². The van der Waals surface area contributed by atoms with Crippen molar-refractivity contribution in [2.24, 2.45) is 0 Å². The van der Waals surface area contributed by atoms with Crippen molar-refractivity contribution in [1.82, 2.24) is 9.47 Å². The molecule has 27 heavy (non-hydrogen) atoms. The quantitative estimate of drug-likeness (QED) is 0.543. The van der Waals surface area contributed by atoms with Gasteiger partial charge in [-0.05, 0) is 62.3 Å². The molecule has 0 spiro atoms. The number of hydrogen-bond donors (Lipinski definition) is 2. The first-order valence-electron chi connectivity index (χ1n) is 8.89.